The molecule has 0 spiro atoms. The number of hydrogen-bond donors (Lipinski definition) is 0. The van der Waals surface area contributed by atoms with Crippen LogP contribution in [-0.2, 0) is 9.53 Å². The number of carbonyl (C=O) groups is 2. The van der Waals surface area contributed by atoms with Gasteiger partial charge in [-0.3, -0.25) is 9.59 Å². The molecule has 4 rings (SSSR count). The van der Waals surface area contributed by atoms with Crippen molar-refractivity contribution in [1.29, 1.82) is 0 Å². The molecule has 2 atom stereocenters. The van der Waals surface area contributed by atoms with Gasteiger partial charge in [0.2, 0.25) is 5.82 Å². The van der Waals surface area contributed by atoms with Gasteiger partial charge in [-0.1, -0.05) is 18.2 Å². The van der Waals surface area contributed by atoms with Crippen molar-refractivity contribution in [3.05, 3.63) is 54.1 Å². The van der Waals surface area contributed by atoms with Crippen LogP contribution in [0.5, 0.6) is 0 Å². The number of likely N-dealkylation sites (tertiary alicyclic amines) is 1. The summed E-state index contributed by atoms with van der Waals surface area (Å²) in [5.74, 6) is 0.0626. The van der Waals surface area contributed by atoms with E-state index < -0.39 is 0 Å². The Kier molecular flexibility index (Phi) is 4.85. The number of benzene rings is 1. The van der Waals surface area contributed by atoms with Crippen molar-refractivity contribution in [3.8, 4) is 0 Å². The average Bonchev–Trinajstić information content (AvgIpc) is 2.86. The van der Waals surface area contributed by atoms with Crippen molar-refractivity contribution in [2.45, 2.75) is 19.4 Å². The third kappa shape index (κ3) is 3.68. The van der Waals surface area contributed by atoms with E-state index >= 15 is 0 Å². The second-order valence-electron chi connectivity index (χ2n) is 7.01. The topological polar surface area (TPSA) is 75.6 Å². The van der Waals surface area contributed by atoms with Gasteiger partial charge in [-0.15, -0.1) is 0 Å². The minimum Gasteiger partial charge on any atom is -0.368 e. The monoisotopic (exact) mass is 366 g/mol. The second-order valence-corrected chi connectivity index (χ2v) is 7.01. The largest absolute Gasteiger partial charge is 0.368 e. The van der Waals surface area contributed by atoms with E-state index in [0.29, 0.717) is 26.1 Å². The molecule has 27 heavy (non-hydrogen) atoms. The summed E-state index contributed by atoms with van der Waals surface area (Å²) in [6.07, 6.45) is 2.29. The predicted octanol–water partition coefficient (Wildman–Crippen LogP) is 1.68. The zero-order valence-corrected chi connectivity index (χ0v) is 15.2. The number of aryl methyl sites for hydroxylation is 1. The molecule has 3 heterocycles. The van der Waals surface area contributed by atoms with Gasteiger partial charge in [-0.2, -0.15) is 0 Å². The van der Waals surface area contributed by atoms with Crippen LogP contribution in [0.15, 0.2) is 42.6 Å². The van der Waals surface area contributed by atoms with Crippen molar-refractivity contribution >= 4 is 17.5 Å². The number of amides is 2. The van der Waals surface area contributed by atoms with Crippen molar-refractivity contribution in [2.24, 2.45) is 5.92 Å². The number of ether oxygens (including phenoxy) is 1. The third-order valence-electron chi connectivity index (χ3n) is 5.14. The van der Waals surface area contributed by atoms with Crippen LogP contribution in [-0.4, -0.2) is 59.0 Å². The average molecular weight is 366 g/mol. The molecule has 1 aromatic heterocycles. The fraction of sp³-hybridized carbons (Fsp3) is 0.400. The highest BCUT2D eigenvalue weighted by molar-refractivity contribution is 5.94. The van der Waals surface area contributed by atoms with E-state index in [-0.39, 0.29) is 36.3 Å². The predicted molar refractivity (Wildman–Crippen MR) is 99.3 cm³/mol. The molecule has 0 aliphatic carbocycles. The first-order valence-electron chi connectivity index (χ1n) is 9.18. The molecule has 7 nitrogen and oxygen atoms in total. The van der Waals surface area contributed by atoms with Gasteiger partial charge in [0.05, 0.1) is 6.10 Å². The number of carbonyl (C=O) groups excluding carboxylic acids is 2. The normalized spacial score (nSPS) is 22.9. The number of hydrogen-bond acceptors (Lipinski definition) is 5. The molecule has 0 unspecified atom stereocenters. The third-order valence-corrected chi connectivity index (χ3v) is 5.14. The Bertz CT molecular complexity index is 842. The van der Waals surface area contributed by atoms with E-state index in [1.807, 2.05) is 37.3 Å². The highest BCUT2D eigenvalue weighted by atomic mass is 16.5. The summed E-state index contributed by atoms with van der Waals surface area (Å²) in [4.78, 5) is 37.2. The minimum absolute atomic E-state index is 0.0230. The summed E-state index contributed by atoms with van der Waals surface area (Å²) < 4.78 is 5.86. The number of anilines is 1. The zero-order chi connectivity index (χ0) is 18.8. The van der Waals surface area contributed by atoms with E-state index in [1.54, 1.807) is 22.1 Å². The van der Waals surface area contributed by atoms with Crippen LogP contribution >= 0.6 is 0 Å². The summed E-state index contributed by atoms with van der Waals surface area (Å²) in [7, 11) is 0. The lowest BCUT2D eigenvalue weighted by atomic mass is 9.93. The highest BCUT2D eigenvalue weighted by Gasteiger charge is 2.38. The first kappa shape index (κ1) is 17.6. The van der Waals surface area contributed by atoms with Gasteiger partial charge in [-0.05, 0) is 31.5 Å². The Morgan fingerprint density at radius 3 is 2.78 bits per heavy atom. The van der Waals surface area contributed by atoms with Gasteiger partial charge in [0, 0.05) is 43.1 Å². The Balaban J connectivity index is 1.53. The standard InChI is InChI=1S/C20H22N4O3/c1-14-7-9-21-19(22-14)20(26)23-10-8-17-15(11-23)12-24(18(25)13-27-17)16-5-3-2-4-6-16/h2-7,9,15,17H,8,10-13H2,1H3/t15-,17+/m1/s1. The van der Waals surface area contributed by atoms with Gasteiger partial charge < -0.3 is 14.5 Å². The molecule has 2 aliphatic rings. The van der Waals surface area contributed by atoms with Crippen LogP contribution in [0.25, 0.3) is 0 Å². The fourth-order valence-corrected chi connectivity index (χ4v) is 3.73. The summed E-state index contributed by atoms with van der Waals surface area (Å²) in [5.41, 5.74) is 1.62. The maximum absolute atomic E-state index is 12.8. The Morgan fingerprint density at radius 2 is 2.00 bits per heavy atom. The minimum atomic E-state index is -0.168. The van der Waals surface area contributed by atoms with Crippen molar-refractivity contribution in [2.75, 3.05) is 31.1 Å². The quantitative estimate of drug-likeness (QED) is 0.808. The number of rotatable bonds is 2. The van der Waals surface area contributed by atoms with E-state index in [4.69, 9.17) is 4.74 Å². The van der Waals surface area contributed by atoms with Crippen molar-refractivity contribution in [3.63, 3.8) is 0 Å². The lowest BCUT2D eigenvalue weighted by molar-refractivity contribution is -0.124. The zero-order valence-electron chi connectivity index (χ0n) is 15.2. The molecular formula is C20H22N4O3. The molecule has 2 fully saturated rings. The Labute approximate surface area is 158 Å². The molecule has 2 amide bonds. The molecule has 2 saturated heterocycles. The maximum Gasteiger partial charge on any atom is 0.291 e. The van der Waals surface area contributed by atoms with Gasteiger partial charge >= 0.3 is 0 Å². The first-order chi connectivity index (χ1) is 13.1. The molecule has 1 aromatic carbocycles. The van der Waals surface area contributed by atoms with Crippen molar-refractivity contribution < 1.29 is 14.3 Å². The molecule has 140 valence electrons. The molecular weight excluding hydrogens is 344 g/mol. The van der Waals surface area contributed by atoms with E-state index in [1.165, 1.54) is 0 Å². The smallest absolute Gasteiger partial charge is 0.291 e. The SMILES string of the molecule is Cc1ccnc(C(=O)N2CC[C@@H]3OCC(=O)N(c4ccccc4)C[C@H]3C2)n1. The first-order valence-corrected chi connectivity index (χ1v) is 9.18. The number of nitrogens with zero attached hydrogens (tertiary/aromatic N) is 4. The maximum atomic E-state index is 12.8. The molecule has 0 saturated carbocycles. The molecule has 2 aliphatic heterocycles. The van der Waals surface area contributed by atoms with Gasteiger partial charge in [0.25, 0.3) is 11.8 Å². The van der Waals surface area contributed by atoms with Crippen LogP contribution in [0.2, 0.25) is 0 Å². The van der Waals surface area contributed by atoms with Crippen molar-refractivity contribution in [1.82, 2.24) is 14.9 Å². The number of para-hydroxylation sites is 1. The van der Waals surface area contributed by atoms with E-state index in [0.717, 1.165) is 11.4 Å². The van der Waals surface area contributed by atoms with Gasteiger partial charge in [-0.25, -0.2) is 9.97 Å². The second kappa shape index (κ2) is 7.44. The lowest BCUT2D eigenvalue weighted by Crippen LogP contribution is -2.49. The summed E-state index contributed by atoms with van der Waals surface area (Å²) >= 11 is 0. The Morgan fingerprint density at radius 1 is 1.19 bits per heavy atom. The summed E-state index contributed by atoms with van der Waals surface area (Å²) in [6.45, 7) is 3.55. The molecule has 2 aromatic rings. The van der Waals surface area contributed by atoms with Crippen LogP contribution in [0.4, 0.5) is 5.69 Å². The summed E-state index contributed by atoms with van der Waals surface area (Å²) in [6, 6.07) is 11.4. The summed E-state index contributed by atoms with van der Waals surface area (Å²) in [5, 5.41) is 0. The van der Waals surface area contributed by atoms with Gasteiger partial charge in [0.15, 0.2) is 0 Å². The van der Waals surface area contributed by atoms with Crippen LogP contribution in [0.1, 0.15) is 22.7 Å². The Hall–Kier alpha value is -2.80. The van der Waals surface area contributed by atoms with Crippen LogP contribution in [0, 0.1) is 12.8 Å². The molecule has 0 N–H and O–H groups in total. The van der Waals surface area contributed by atoms with Gasteiger partial charge in [0.1, 0.15) is 6.61 Å². The fourth-order valence-electron chi connectivity index (χ4n) is 3.73. The molecule has 0 bridgehead atoms. The number of aromatic nitrogens is 2. The number of piperidine rings is 1. The highest BCUT2D eigenvalue weighted by Crippen LogP contribution is 2.27. The molecule has 0 radical (unpaired) electrons. The lowest BCUT2D eigenvalue weighted by Gasteiger charge is -2.37. The van der Waals surface area contributed by atoms with E-state index in [2.05, 4.69) is 9.97 Å². The van der Waals surface area contributed by atoms with Crippen LogP contribution < -0.4 is 4.90 Å². The van der Waals surface area contributed by atoms with Crippen LogP contribution in [0.3, 0.4) is 0 Å². The molecule has 7 heteroatoms. The van der Waals surface area contributed by atoms with E-state index in [9.17, 15) is 9.59 Å². The number of fused-ring (bicyclic) bond motifs is 1.